The zero-order chi connectivity index (χ0) is 12.3. The van der Waals surface area contributed by atoms with Gasteiger partial charge in [0.15, 0.2) is 0 Å². The van der Waals surface area contributed by atoms with E-state index in [0.717, 1.165) is 30.6 Å². The number of H-pyrrole nitrogens is 1. The monoisotopic (exact) mass is 235 g/mol. The van der Waals surface area contributed by atoms with E-state index in [2.05, 4.69) is 15.3 Å². The van der Waals surface area contributed by atoms with E-state index < -0.39 is 0 Å². The summed E-state index contributed by atoms with van der Waals surface area (Å²) in [6.07, 6.45) is 2.89. The number of aliphatic hydroxyl groups excluding tert-OH is 1. The van der Waals surface area contributed by atoms with Crippen molar-refractivity contribution in [2.75, 3.05) is 6.61 Å². The third-order valence-electron chi connectivity index (χ3n) is 3.02. The van der Waals surface area contributed by atoms with Gasteiger partial charge in [-0.25, -0.2) is 4.99 Å². The maximum atomic E-state index is 9.06. The predicted molar refractivity (Wildman–Crippen MR) is 66.3 cm³/mol. The molecule has 2 rings (SSSR count). The highest BCUT2D eigenvalue weighted by Gasteiger charge is 2.25. The summed E-state index contributed by atoms with van der Waals surface area (Å²) in [5.74, 6) is 0.308. The minimum atomic E-state index is 0.168. The molecule has 6 heteroatoms. The molecule has 0 amide bonds. The molecule has 1 aromatic heterocycles. The van der Waals surface area contributed by atoms with Crippen molar-refractivity contribution < 1.29 is 5.11 Å². The number of nitrogens with zero attached hydrogens (tertiary/aromatic N) is 1. The molecule has 0 saturated carbocycles. The first-order chi connectivity index (χ1) is 8.24. The Morgan fingerprint density at radius 1 is 1.59 bits per heavy atom. The molecule has 6 nitrogen and oxygen atoms in total. The van der Waals surface area contributed by atoms with Gasteiger partial charge < -0.3 is 21.1 Å². The van der Waals surface area contributed by atoms with Crippen LogP contribution in [0.25, 0.3) is 0 Å². The lowest BCUT2D eigenvalue weighted by Gasteiger charge is -2.10. The van der Waals surface area contributed by atoms with Crippen LogP contribution in [0.2, 0.25) is 0 Å². The maximum Gasteiger partial charge on any atom is 0.148 e. The molecule has 6 N–H and O–H groups in total. The van der Waals surface area contributed by atoms with E-state index >= 15 is 0 Å². The summed E-state index contributed by atoms with van der Waals surface area (Å²) in [5.41, 5.74) is 7.44. The fourth-order valence-corrected chi connectivity index (χ4v) is 2.11. The minimum absolute atomic E-state index is 0.168. The summed E-state index contributed by atoms with van der Waals surface area (Å²) < 4.78 is 0. The Balaban J connectivity index is 2.09. The van der Waals surface area contributed by atoms with E-state index in [-0.39, 0.29) is 18.7 Å². The van der Waals surface area contributed by atoms with Gasteiger partial charge in [-0.3, -0.25) is 5.41 Å². The van der Waals surface area contributed by atoms with E-state index in [1.807, 2.05) is 12.1 Å². The maximum absolute atomic E-state index is 9.06. The Hall–Kier alpha value is -1.66. The third-order valence-corrected chi connectivity index (χ3v) is 3.02. The van der Waals surface area contributed by atoms with Crippen molar-refractivity contribution in [2.45, 2.75) is 24.9 Å². The summed E-state index contributed by atoms with van der Waals surface area (Å²) in [6.45, 7) is 0.168. The van der Waals surface area contributed by atoms with Crippen molar-refractivity contribution in [3.05, 3.63) is 23.5 Å². The Labute approximate surface area is 99.5 Å². The lowest BCUT2D eigenvalue weighted by molar-refractivity contribution is 0.251. The Bertz CT molecular complexity index is 425. The topological polar surface area (TPSA) is 110 Å². The average Bonchev–Trinajstić information content (AvgIpc) is 2.98. The van der Waals surface area contributed by atoms with Crippen molar-refractivity contribution in [1.82, 2.24) is 10.3 Å². The number of rotatable bonds is 4. The summed E-state index contributed by atoms with van der Waals surface area (Å²) in [7, 11) is 0. The van der Waals surface area contributed by atoms with Crippen molar-refractivity contribution in [3.8, 4) is 0 Å². The Kier molecular flexibility index (Phi) is 3.55. The largest absolute Gasteiger partial charge is 0.395 e. The van der Waals surface area contributed by atoms with Gasteiger partial charge in [0.05, 0.1) is 12.3 Å². The second-order valence-electron chi connectivity index (χ2n) is 4.15. The van der Waals surface area contributed by atoms with Crippen LogP contribution < -0.4 is 11.1 Å². The van der Waals surface area contributed by atoms with Crippen molar-refractivity contribution >= 4 is 12.2 Å². The zero-order valence-corrected chi connectivity index (χ0v) is 9.48. The van der Waals surface area contributed by atoms with Gasteiger partial charge in [-0.05, 0) is 25.0 Å². The Morgan fingerprint density at radius 2 is 2.41 bits per heavy atom. The van der Waals surface area contributed by atoms with E-state index in [1.54, 1.807) is 0 Å². The molecule has 1 aromatic rings. The molecular weight excluding hydrogens is 218 g/mol. The number of hydrogen-bond donors (Lipinski definition) is 5. The van der Waals surface area contributed by atoms with Crippen molar-refractivity contribution in [1.29, 1.82) is 5.41 Å². The van der Waals surface area contributed by atoms with E-state index in [1.165, 1.54) is 0 Å². The summed E-state index contributed by atoms with van der Waals surface area (Å²) >= 11 is 0. The van der Waals surface area contributed by atoms with Crippen LogP contribution in [0.1, 0.15) is 30.3 Å². The second kappa shape index (κ2) is 5.11. The number of hydrogen-bond acceptors (Lipinski definition) is 3. The third kappa shape index (κ3) is 2.54. The van der Waals surface area contributed by atoms with Crippen molar-refractivity contribution in [2.24, 2.45) is 10.7 Å². The summed E-state index contributed by atoms with van der Waals surface area (Å²) in [5, 5.41) is 19.3. The molecule has 17 heavy (non-hydrogen) atoms. The molecule has 0 unspecified atom stereocenters. The molecule has 92 valence electrons. The van der Waals surface area contributed by atoms with Gasteiger partial charge in [0, 0.05) is 17.8 Å². The standard InChI is InChI=1S/C11H17N5O/c12-6-14-11(13)10-4-3-9(16-10)8-2-1-7(5-17)15-8/h3-4,6-8,15-17H,1-2,5H2,(H3,12,13,14)/t7-,8+/m0/s1. The molecule has 0 radical (unpaired) electrons. The fraction of sp³-hybridized carbons (Fsp3) is 0.455. The van der Waals surface area contributed by atoms with Crippen molar-refractivity contribution in [3.63, 3.8) is 0 Å². The minimum Gasteiger partial charge on any atom is -0.395 e. The molecule has 0 aromatic carbocycles. The first-order valence-electron chi connectivity index (χ1n) is 5.63. The molecule has 0 aliphatic carbocycles. The second-order valence-corrected chi connectivity index (χ2v) is 4.15. The molecule has 1 aliphatic rings. The van der Waals surface area contributed by atoms with Gasteiger partial charge in [0.2, 0.25) is 0 Å². The number of aliphatic hydroxyl groups is 1. The molecule has 2 heterocycles. The quantitative estimate of drug-likeness (QED) is 0.377. The highest BCUT2D eigenvalue weighted by Crippen LogP contribution is 2.25. The van der Waals surface area contributed by atoms with Gasteiger partial charge in [0.25, 0.3) is 0 Å². The molecule has 0 bridgehead atoms. The smallest absolute Gasteiger partial charge is 0.148 e. The normalized spacial score (nSPS) is 25.1. The highest BCUT2D eigenvalue weighted by molar-refractivity contribution is 5.99. The molecule has 2 atom stereocenters. The summed E-state index contributed by atoms with van der Waals surface area (Å²) in [4.78, 5) is 6.89. The van der Waals surface area contributed by atoms with Crippen LogP contribution in [0.4, 0.5) is 0 Å². The first kappa shape index (κ1) is 11.8. The number of amidine groups is 1. The zero-order valence-electron chi connectivity index (χ0n) is 9.48. The average molecular weight is 235 g/mol. The van der Waals surface area contributed by atoms with E-state index in [0.29, 0.717) is 5.84 Å². The van der Waals surface area contributed by atoms with E-state index in [9.17, 15) is 0 Å². The molecular formula is C11H17N5O. The van der Waals surface area contributed by atoms with Crippen LogP contribution in [0, 0.1) is 5.41 Å². The van der Waals surface area contributed by atoms with Crippen LogP contribution in [-0.4, -0.2) is 34.9 Å². The molecule has 1 saturated heterocycles. The number of nitrogens with one attached hydrogen (secondary N) is 3. The highest BCUT2D eigenvalue weighted by atomic mass is 16.3. The number of aliphatic imine (C=N–C) groups is 1. The van der Waals surface area contributed by atoms with Gasteiger partial charge in [-0.15, -0.1) is 0 Å². The fourth-order valence-electron chi connectivity index (χ4n) is 2.11. The number of aromatic nitrogens is 1. The predicted octanol–water partition coefficient (Wildman–Crippen LogP) is 0.112. The lowest BCUT2D eigenvalue weighted by atomic mass is 10.1. The molecule has 0 spiro atoms. The van der Waals surface area contributed by atoms with Crippen LogP contribution in [0.3, 0.4) is 0 Å². The van der Waals surface area contributed by atoms with Crippen LogP contribution in [-0.2, 0) is 0 Å². The first-order valence-corrected chi connectivity index (χ1v) is 5.63. The van der Waals surface area contributed by atoms with Gasteiger partial charge in [0.1, 0.15) is 12.2 Å². The van der Waals surface area contributed by atoms with Gasteiger partial charge >= 0.3 is 0 Å². The molecule has 1 fully saturated rings. The number of aromatic amines is 1. The Morgan fingerprint density at radius 3 is 3.06 bits per heavy atom. The van der Waals surface area contributed by atoms with Crippen LogP contribution in [0.5, 0.6) is 0 Å². The number of nitrogens with two attached hydrogens (primary N) is 1. The lowest BCUT2D eigenvalue weighted by Crippen LogP contribution is -2.27. The van der Waals surface area contributed by atoms with E-state index in [4.69, 9.17) is 16.2 Å². The summed E-state index contributed by atoms with van der Waals surface area (Å²) in [6, 6.07) is 4.22. The van der Waals surface area contributed by atoms with Gasteiger partial charge in [-0.1, -0.05) is 0 Å². The van der Waals surface area contributed by atoms with Crippen LogP contribution >= 0.6 is 0 Å². The molecule has 1 aliphatic heterocycles. The SMILES string of the molecule is N=C/N=C(/N)c1ccc([C@H]2CC[C@@H](CO)N2)[nH]1. The van der Waals surface area contributed by atoms with Gasteiger partial charge in [-0.2, -0.15) is 0 Å². The van der Waals surface area contributed by atoms with Crippen LogP contribution in [0.15, 0.2) is 17.1 Å².